The van der Waals surface area contributed by atoms with Gasteiger partial charge in [0, 0.05) is 5.56 Å². The van der Waals surface area contributed by atoms with E-state index in [2.05, 4.69) is 25.9 Å². The first kappa shape index (κ1) is 14.3. The molecule has 0 aliphatic rings. The fourth-order valence-corrected chi connectivity index (χ4v) is 1.64. The number of benzene rings is 1. The number of carbonyl (C=O) groups excluding carboxylic acids is 3. The van der Waals surface area contributed by atoms with Gasteiger partial charge in [-0.15, -0.1) is 10.2 Å². The Morgan fingerprint density at radius 3 is 2.43 bits per heavy atom. The van der Waals surface area contributed by atoms with E-state index in [1.807, 2.05) is 0 Å². The van der Waals surface area contributed by atoms with E-state index in [0.717, 1.165) is 0 Å². The molecule has 1 amide bonds. The molecule has 21 heavy (non-hydrogen) atoms. The number of aromatic nitrogens is 4. The number of aromatic amines is 1. The largest absolute Gasteiger partial charge is 0.505 e. The zero-order valence-electron chi connectivity index (χ0n) is 11.2. The molecule has 0 spiro atoms. The summed E-state index contributed by atoms with van der Waals surface area (Å²) in [4.78, 5) is 34.7. The van der Waals surface area contributed by atoms with Crippen molar-refractivity contribution < 1.29 is 19.5 Å². The van der Waals surface area contributed by atoms with E-state index in [1.54, 1.807) is 0 Å². The van der Waals surface area contributed by atoms with Gasteiger partial charge in [0.2, 0.25) is 0 Å². The molecule has 0 fully saturated rings. The average molecular weight is 289 g/mol. The fraction of sp³-hybridized carbons (Fsp3) is 0.167. The molecule has 1 heterocycles. The van der Waals surface area contributed by atoms with Crippen molar-refractivity contribution in [1.29, 1.82) is 0 Å². The van der Waals surface area contributed by atoms with Crippen molar-refractivity contribution in [2.24, 2.45) is 0 Å². The summed E-state index contributed by atoms with van der Waals surface area (Å²) in [5.41, 5.74) is 0.0372. The minimum Gasteiger partial charge on any atom is -0.505 e. The molecule has 0 radical (unpaired) electrons. The topological polar surface area (TPSA) is 138 Å². The Bertz CT molecular complexity index is 723. The number of phenolic OH excluding ortho intramolecular Hbond substituents is 1. The summed E-state index contributed by atoms with van der Waals surface area (Å²) in [6.07, 6.45) is 0. The van der Waals surface area contributed by atoms with E-state index in [-0.39, 0.29) is 28.4 Å². The highest BCUT2D eigenvalue weighted by molar-refractivity contribution is 6.07. The number of phenols is 1. The van der Waals surface area contributed by atoms with Crippen LogP contribution in [-0.2, 0) is 0 Å². The summed E-state index contributed by atoms with van der Waals surface area (Å²) in [6, 6.07) is 2.53. The van der Waals surface area contributed by atoms with Crippen LogP contribution in [0.25, 0.3) is 0 Å². The van der Waals surface area contributed by atoms with E-state index in [4.69, 9.17) is 0 Å². The predicted molar refractivity (Wildman–Crippen MR) is 70.2 cm³/mol. The lowest BCUT2D eigenvalue weighted by molar-refractivity contribution is 0.0997. The van der Waals surface area contributed by atoms with Crippen molar-refractivity contribution in [1.82, 2.24) is 20.6 Å². The molecule has 108 valence electrons. The molecule has 2 rings (SSSR count). The third-order valence-electron chi connectivity index (χ3n) is 2.69. The zero-order chi connectivity index (χ0) is 15.6. The first-order valence-corrected chi connectivity index (χ1v) is 5.84. The number of carbonyl (C=O) groups is 3. The number of amides is 1. The van der Waals surface area contributed by atoms with Gasteiger partial charge in [-0.1, -0.05) is 0 Å². The summed E-state index contributed by atoms with van der Waals surface area (Å²) >= 11 is 0. The summed E-state index contributed by atoms with van der Waals surface area (Å²) in [5.74, 6) is -2.16. The molecular weight excluding hydrogens is 278 g/mol. The summed E-state index contributed by atoms with van der Waals surface area (Å²) < 4.78 is 0. The number of anilines is 1. The maximum absolute atomic E-state index is 11.8. The van der Waals surface area contributed by atoms with E-state index < -0.39 is 17.4 Å². The van der Waals surface area contributed by atoms with Gasteiger partial charge in [0.1, 0.15) is 5.75 Å². The third kappa shape index (κ3) is 2.91. The molecule has 2 aromatic rings. The minimum absolute atomic E-state index is 0.0638. The van der Waals surface area contributed by atoms with Crippen molar-refractivity contribution in [2.75, 3.05) is 5.32 Å². The van der Waals surface area contributed by atoms with Crippen molar-refractivity contribution in [2.45, 2.75) is 13.8 Å². The molecule has 0 atom stereocenters. The molecule has 1 aromatic heterocycles. The number of ketones is 2. The Labute approximate surface area is 118 Å². The number of rotatable bonds is 4. The molecule has 1 aromatic carbocycles. The number of tetrazole rings is 1. The van der Waals surface area contributed by atoms with Crippen LogP contribution in [0.3, 0.4) is 0 Å². The highest BCUT2D eigenvalue weighted by Gasteiger charge is 2.19. The Balaban J connectivity index is 2.45. The Kier molecular flexibility index (Phi) is 3.74. The van der Waals surface area contributed by atoms with Crippen LogP contribution in [0.4, 0.5) is 5.69 Å². The number of H-pyrrole nitrogens is 1. The van der Waals surface area contributed by atoms with E-state index in [1.165, 1.54) is 26.0 Å². The Hall–Kier alpha value is -3.10. The van der Waals surface area contributed by atoms with Crippen LogP contribution >= 0.6 is 0 Å². The van der Waals surface area contributed by atoms with Gasteiger partial charge < -0.3 is 10.4 Å². The number of nitrogens with one attached hydrogen (secondary N) is 2. The van der Waals surface area contributed by atoms with Gasteiger partial charge in [0.05, 0.1) is 11.3 Å². The van der Waals surface area contributed by atoms with Crippen molar-refractivity contribution in [3.05, 3.63) is 29.1 Å². The van der Waals surface area contributed by atoms with Crippen molar-refractivity contribution in [3.8, 4) is 5.75 Å². The highest BCUT2D eigenvalue weighted by atomic mass is 16.3. The van der Waals surface area contributed by atoms with E-state index in [9.17, 15) is 19.5 Å². The van der Waals surface area contributed by atoms with Gasteiger partial charge >= 0.3 is 0 Å². The molecule has 0 bridgehead atoms. The Morgan fingerprint density at radius 2 is 1.90 bits per heavy atom. The predicted octanol–water partition coefficient (Wildman–Crippen LogP) is 0.563. The van der Waals surface area contributed by atoms with Gasteiger partial charge in [-0.25, -0.2) is 0 Å². The van der Waals surface area contributed by atoms with Crippen molar-refractivity contribution >= 4 is 23.2 Å². The smallest absolute Gasteiger partial charge is 0.297 e. The summed E-state index contributed by atoms with van der Waals surface area (Å²) in [6.45, 7) is 2.55. The second-order valence-corrected chi connectivity index (χ2v) is 4.22. The molecule has 9 heteroatoms. The van der Waals surface area contributed by atoms with Crippen LogP contribution in [0.5, 0.6) is 5.75 Å². The van der Waals surface area contributed by atoms with E-state index >= 15 is 0 Å². The molecule has 0 saturated heterocycles. The first-order chi connectivity index (χ1) is 9.90. The number of Topliss-reactive ketones (excluding diaryl/α,β-unsaturated/α-hetero) is 2. The lowest BCUT2D eigenvalue weighted by Gasteiger charge is -2.10. The maximum atomic E-state index is 11.8. The normalized spacial score (nSPS) is 10.2. The van der Waals surface area contributed by atoms with Crippen molar-refractivity contribution in [3.63, 3.8) is 0 Å². The van der Waals surface area contributed by atoms with Gasteiger partial charge in [-0.05, 0) is 31.2 Å². The van der Waals surface area contributed by atoms with Gasteiger partial charge in [0.15, 0.2) is 11.6 Å². The number of aromatic hydroxyl groups is 1. The van der Waals surface area contributed by atoms with Crippen LogP contribution < -0.4 is 5.32 Å². The second-order valence-electron chi connectivity index (χ2n) is 4.22. The van der Waals surface area contributed by atoms with Crippen LogP contribution in [0, 0.1) is 0 Å². The highest BCUT2D eigenvalue weighted by Crippen LogP contribution is 2.30. The summed E-state index contributed by atoms with van der Waals surface area (Å²) in [7, 11) is 0. The van der Waals surface area contributed by atoms with Crippen LogP contribution in [0.1, 0.15) is 45.2 Å². The molecule has 3 N–H and O–H groups in total. The molecule has 0 aliphatic carbocycles. The Morgan fingerprint density at radius 1 is 1.19 bits per heavy atom. The molecule has 9 nitrogen and oxygen atoms in total. The number of hydrogen-bond donors (Lipinski definition) is 3. The maximum Gasteiger partial charge on any atom is 0.297 e. The van der Waals surface area contributed by atoms with Crippen LogP contribution in [-0.4, -0.2) is 43.2 Å². The van der Waals surface area contributed by atoms with Crippen LogP contribution in [0.2, 0.25) is 0 Å². The molecule has 0 aliphatic heterocycles. The monoisotopic (exact) mass is 289 g/mol. The fourth-order valence-electron chi connectivity index (χ4n) is 1.64. The molecule has 0 saturated carbocycles. The zero-order valence-corrected chi connectivity index (χ0v) is 11.2. The van der Waals surface area contributed by atoms with Gasteiger partial charge in [0.25, 0.3) is 11.7 Å². The lowest BCUT2D eigenvalue weighted by Crippen LogP contribution is -2.15. The third-order valence-corrected chi connectivity index (χ3v) is 2.69. The quantitative estimate of drug-likeness (QED) is 0.552. The molecular formula is C12H11N5O4. The first-order valence-electron chi connectivity index (χ1n) is 5.84. The number of nitrogens with zero attached hydrogens (tertiary/aromatic N) is 3. The lowest BCUT2D eigenvalue weighted by atomic mass is 10.0. The van der Waals surface area contributed by atoms with Gasteiger partial charge in [-0.3, -0.25) is 14.4 Å². The number of hydrogen-bond acceptors (Lipinski definition) is 7. The average Bonchev–Trinajstić information content (AvgIpc) is 2.94. The second kappa shape index (κ2) is 5.49. The van der Waals surface area contributed by atoms with Crippen LogP contribution in [0.15, 0.2) is 12.1 Å². The minimum atomic E-state index is -0.741. The van der Waals surface area contributed by atoms with Gasteiger partial charge in [-0.2, -0.15) is 5.21 Å². The molecule has 0 unspecified atom stereocenters. The standard InChI is InChI=1S/C12H11N5O4/c1-5(18)7-3-8(6(2)19)10(20)9(4-7)13-12(21)11-14-16-17-15-11/h3-4,20H,1-2H3,(H,13,21)(H,14,15,16,17). The SMILES string of the molecule is CC(=O)c1cc(NC(=O)c2nn[nH]n2)c(O)c(C(C)=O)c1. The van der Waals surface area contributed by atoms with E-state index in [0.29, 0.717) is 0 Å². The summed E-state index contributed by atoms with van der Waals surface area (Å²) in [5, 5.41) is 24.6.